The molecule has 0 saturated carbocycles. The summed E-state index contributed by atoms with van der Waals surface area (Å²) in [6, 6.07) is 14.2. The van der Waals surface area contributed by atoms with E-state index < -0.39 is 0 Å². The number of hydrogen-bond acceptors (Lipinski definition) is 6. The number of aryl methyl sites for hydroxylation is 2. The molecule has 5 rings (SSSR count). The quantitative estimate of drug-likeness (QED) is 0.401. The number of benzene rings is 2. The summed E-state index contributed by atoms with van der Waals surface area (Å²) in [6.45, 7) is 6.12. The van der Waals surface area contributed by atoms with E-state index in [1.54, 1.807) is 20.4 Å². The number of nitrogens with one attached hydrogen (secondary N) is 1. The first-order valence-electron chi connectivity index (χ1n) is 12.6. The molecule has 3 heterocycles. The van der Waals surface area contributed by atoms with Gasteiger partial charge in [0.1, 0.15) is 5.52 Å². The maximum Gasteiger partial charge on any atom is 0.225 e. The van der Waals surface area contributed by atoms with Crippen LogP contribution in [0.3, 0.4) is 0 Å². The van der Waals surface area contributed by atoms with Crippen molar-refractivity contribution in [1.29, 1.82) is 0 Å². The lowest BCUT2D eigenvalue weighted by molar-refractivity contribution is -0.125. The van der Waals surface area contributed by atoms with Crippen LogP contribution >= 0.6 is 0 Å². The second-order valence-corrected chi connectivity index (χ2v) is 9.62. The van der Waals surface area contributed by atoms with Gasteiger partial charge >= 0.3 is 0 Å². The summed E-state index contributed by atoms with van der Waals surface area (Å²) in [7, 11) is 3.22. The van der Waals surface area contributed by atoms with Crippen LogP contribution in [0.15, 0.2) is 54.9 Å². The van der Waals surface area contributed by atoms with Gasteiger partial charge in [-0.1, -0.05) is 29.8 Å². The molecule has 0 bridgehead atoms. The van der Waals surface area contributed by atoms with E-state index in [1.165, 1.54) is 11.1 Å². The van der Waals surface area contributed by atoms with Gasteiger partial charge in [0.2, 0.25) is 5.91 Å². The Morgan fingerprint density at radius 1 is 1.08 bits per heavy atom. The van der Waals surface area contributed by atoms with Crippen molar-refractivity contribution in [3.8, 4) is 22.8 Å². The van der Waals surface area contributed by atoms with E-state index in [0.29, 0.717) is 24.6 Å². The molecule has 1 saturated heterocycles. The first kappa shape index (κ1) is 24.6. The van der Waals surface area contributed by atoms with Crippen LogP contribution in [0.5, 0.6) is 11.5 Å². The second kappa shape index (κ2) is 10.5. The van der Waals surface area contributed by atoms with Gasteiger partial charge in [0.15, 0.2) is 17.3 Å². The fourth-order valence-electron chi connectivity index (χ4n) is 5.09. The van der Waals surface area contributed by atoms with Gasteiger partial charge in [0.25, 0.3) is 0 Å². The van der Waals surface area contributed by atoms with Crippen molar-refractivity contribution in [2.45, 2.75) is 33.2 Å². The molecule has 1 amide bonds. The van der Waals surface area contributed by atoms with Crippen molar-refractivity contribution in [1.82, 2.24) is 19.9 Å². The number of piperidine rings is 1. The van der Waals surface area contributed by atoms with Gasteiger partial charge in [-0.05, 0) is 56.0 Å². The minimum absolute atomic E-state index is 0.0518. The molecular weight excluding hydrogens is 466 g/mol. The molecule has 2 aromatic heterocycles. The lowest BCUT2D eigenvalue weighted by Gasteiger charge is -2.33. The molecule has 1 N–H and O–H groups in total. The number of ether oxygens (including phenoxy) is 2. The van der Waals surface area contributed by atoms with Crippen molar-refractivity contribution in [2.24, 2.45) is 5.92 Å². The zero-order chi connectivity index (χ0) is 25.9. The van der Waals surface area contributed by atoms with E-state index in [-0.39, 0.29) is 11.8 Å². The maximum absolute atomic E-state index is 13.1. The number of nitrogens with zero attached hydrogens (tertiary/aromatic N) is 4. The topological polar surface area (TPSA) is 81.0 Å². The molecule has 0 radical (unpaired) electrons. The Morgan fingerprint density at radius 3 is 2.70 bits per heavy atom. The van der Waals surface area contributed by atoms with Crippen LogP contribution in [0.1, 0.15) is 29.5 Å². The molecule has 4 aromatic rings. The normalized spacial score (nSPS) is 15.6. The Kier molecular flexibility index (Phi) is 6.99. The average Bonchev–Trinajstić information content (AvgIpc) is 3.35. The summed E-state index contributed by atoms with van der Waals surface area (Å²) >= 11 is 0. The van der Waals surface area contributed by atoms with Crippen molar-refractivity contribution in [3.63, 3.8) is 0 Å². The zero-order valence-electron chi connectivity index (χ0n) is 21.8. The fraction of sp³-hybridized carbons (Fsp3) is 0.345. The van der Waals surface area contributed by atoms with Gasteiger partial charge in [-0.2, -0.15) is 5.10 Å². The predicted molar refractivity (Wildman–Crippen MR) is 144 cm³/mol. The molecule has 1 atom stereocenters. The van der Waals surface area contributed by atoms with Gasteiger partial charge in [-0.3, -0.25) is 4.79 Å². The fourth-order valence-corrected chi connectivity index (χ4v) is 5.09. The van der Waals surface area contributed by atoms with Crippen molar-refractivity contribution < 1.29 is 14.3 Å². The SMILES string of the molecule is COc1ccc(CNC(=O)C2CCCN(c3nccn4nc(-c5ccc(C)cc5C)cc34)C2)cc1OC. The number of carbonyl (C=O) groups is 1. The van der Waals surface area contributed by atoms with Crippen LogP contribution in [0, 0.1) is 19.8 Å². The first-order valence-corrected chi connectivity index (χ1v) is 12.6. The minimum atomic E-state index is -0.113. The van der Waals surface area contributed by atoms with E-state index in [2.05, 4.69) is 48.3 Å². The van der Waals surface area contributed by atoms with Crippen molar-refractivity contribution in [2.75, 3.05) is 32.2 Å². The van der Waals surface area contributed by atoms with E-state index in [1.807, 2.05) is 28.9 Å². The lowest BCUT2D eigenvalue weighted by Crippen LogP contribution is -2.43. The highest BCUT2D eigenvalue weighted by Gasteiger charge is 2.28. The van der Waals surface area contributed by atoms with E-state index in [9.17, 15) is 4.79 Å². The molecule has 1 fully saturated rings. The third-order valence-electron chi connectivity index (χ3n) is 7.03. The van der Waals surface area contributed by atoms with Crippen LogP contribution in [0.4, 0.5) is 5.82 Å². The Morgan fingerprint density at radius 2 is 1.92 bits per heavy atom. The van der Waals surface area contributed by atoms with Crippen LogP contribution in [0.2, 0.25) is 0 Å². The molecule has 8 nitrogen and oxygen atoms in total. The van der Waals surface area contributed by atoms with Crippen LogP contribution in [0.25, 0.3) is 16.8 Å². The molecular formula is C29H33N5O3. The summed E-state index contributed by atoms with van der Waals surface area (Å²) in [5.74, 6) is 2.12. The van der Waals surface area contributed by atoms with Crippen molar-refractivity contribution >= 4 is 17.2 Å². The minimum Gasteiger partial charge on any atom is -0.493 e. The van der Waals surface area contributed by atoms with Crippen LogP contribution in [-0.4, -0.2) is 47.8 Å². The molecule has 1 unspecified atom stereocenters. The number of aromatic nitrogens is 3. The zero-order valence-corrected chi connectivity index (χ0v) is 21.8. The molecule has 37 heavy (non-hydrogen) atoms. The summed E-state index contributed by atoms with van der Waals surface area (Å²) in [5, 5.41) is 7.93. The molecule has 1 aliphatic heterocycles. The molecule has 1 aliphatic rings. The van der Waals surface area contributed by atoms with E-state index >= 15 is 0 Å². The largest absolute Gasteiger partial charge is 0.493 e. The Labute approximate surface area is 217 Å². The highest BCUT2D eigenvalue weighted by molar-refractivity contribution is 5.81. The third kappa shape index (κ3) is 5.09. The number of methoxy groups -OCH3 is 2. The summed E-state index contributed by atoms with van der Waals surface area (Å²) < 4.78 is 12.6. The standard InChI is InChI=1S/C29H33N5O3/c1-19-7-9-23(20(2)14-19)24-16-25-28(30-11-13-34(25)32-24)33-12-5-6-22(18-33)29(35)31-17-21-8-10-26(36-3)27(15-21)37-4/h7-11,13-16,22H,5-6,12,17-18H2,1-4H3,(H,31,35). The number of carbonyl (C=O) groups excluding carboxylic acids is 1. The second-order valence-electron chi connectivity index (χ2n) is 9.62. The maximum atomic E-state index is 13.1. The lowest BCUT2D eigenvalue weighted by atomic mass is 9.97. The number of fused-ring (bicyclic) bond motifs is 1. The average molecular weight is 500 g/mol. The number of hydrogen-bond donors (Lipinski definition) is 1. The van der Waals surface area contributed by atoms with Crippen LogP contribution < -0.4 is 19.7 Å². The first-order chi connectivity index (χ1) is 18.0. The Hall–Kier alpha value is -4.07. The Bertz CT molecular complexity index is 1430. The van der Waals surface area contributed by atoms with Gasteiger partial charge in [-0.25, -0.2) is 9.50 Å². The number of amides is 1. The van der Waals surface area contributed by atoms with E-state index in [4.69, 9.17) is 19.6 Å². The number of rotatable bonds is 7. The van der Waals surface area contributed by atoms with Gasteiger partial charge in [-0.15, -0.1) is 0 Å². The molecule has 2 aromatic carbocycles. The van der Waals surface area contributed by atoms with Crippen LogP contribution in [-0.2, 0) is 11.3 Å². The molecule has 0 aliphatic carbocycles. The van der Waals surface area contributed by atoms with Crippen molar-refractivity contribution in [3.05, 3.63) is 71.5 Å². The Balaban J connectivity index is 1.31. The predicted octanol–water partition coefficient (Wildman–Crippen LogP) is 4.56. The molecule has 0 spiro atoms. The summed E-state index contributed by atoms with van der Waals surface area (Å²) in [4.78, 5) is 20.0. The molecule has 8 heteroatoms. The highest BCUT2D eigenvalue weighted by Crippen LogP contribution is 2.30. The summed E-state index contributed by atoms with van der Waals surface area (Å²) in [6.07, 6.45) is 5.44. The monoisotopic (exact) mass is 499 g/mol. The molecule has 192 valence electrons. The van der Waals surface area contributed by atoms with Gasteiger partial charge in [0, 0.05) is 37.6 Å². The smallest absolute Gasteiger partial charge is 0.225 e. The summed E-state index contributed by atoms with van der Waals surface area (Å²) in [5.41, 5.74) is 6.38. The van der Waals surface area contributed by atoms with E-state index in [0.717, 1.165) is 47.5 Å². The highest BCUT2D eigenvalue weighted by atomic mass is 16.5. The number of anilines is 1. The van der Waals surface area contributed by atoms with Gasteiger partial charge in [0.05, 0.1) is 25.8 Å². The van der Waals surface area contributed by atoms with Gasteiger partial charge < -0.3 is 19.7 Å². The third-order valence-corrected chi connectivity index (χ3v) is 7.03.